The van der Waals surface area contributed by atoms with Crippen molar-refractivity contribution in [3.8, 4) is 0 Å². The molecular formula is C13H24N4. The van der Waals surface area contributed by atoms with Crippen LogP contribution in [0.2, 0.25) is 0 Å². The van der Waals surface area contributed by atoms with Crippen LogP contribution in [0.4, 0.5) is 11.5 Å². The third-order valence-corrected chi connectivity index (χ3v) is 2.65. The number of nitrogens with two attached hydrogens (primary N) is 1. The summed E-state index contributed by atoms with van der Waals surface area (Å²) in [6.45, 7) is 7.14. The molecule has 0 aromatic carbocycles. The fraction of sp³-hybridized carbons (Fsp3) is 0.615. The zero-order chi connectivity index (χ0) is 12.8. The van der Waals surface area contributed by atoms with Crippen LogP contribution in [0.15, 0.2) is 12.1 Å². The first-order valence-electron chi connectivity index (χ1n) is 6.17. The lowest BCUT2D eigenvalue weighted by Gasteiger charge is -2.26. The van der Waals surface area contributed by atoms with Gasteiger partial charge in [0, 0.05) is 25.3 Å². The quantitative estimate of drug-likeness (QED) is 0.817. The summed E-state index contributed by atoms with van der Waals surface area (Å²) >= 11 is 0. The molecule has 1 rings (SSSR count). The number of aromatic nitrogens is 1. The highest BCUT2D eigenvalue weighted by Gasteiger charge is 2.11. The molecule has 0 aliphatic rings. The van der Waals surface area contributed by atoms with E-state index in [1.807, 2.05) is 19.1 Å². The standard InChI is InChI=1S/C13H24N4/c1-5-8-17(10-9-16(3)4)13-12(14)7-6-11(2)15-13/h6-7H,5,8-10,14H2,1-4H3. The van der Waals surface area contributed by atoms with Gasteiger partial charge in [-0.15, -0.1) is 0 Å². The number of anilines is 2. The van der Waals surface area contributed by atoms with Crippen LogP contribution in [0.5, 0.6) is 0 Å². The average molecular weight is 236 g/mol. The van der Waals surface area contributed by atoms with Crippen molar-refractivity contribution in [2.45, 2.75) is 20.3 Å². The van der Waals surface area contributed by atoms with E-state index in [1.165, 1.54) is 0 Å². The first-order chi connectivity index (χ1) is 8.04. The zero-order valence-electron chi connectivity index (χ0n) is 11.4. The van der Waals surface area contributed by atoms with Crippen molar-refractivity contribution in [1.29, 1.82) is 0 Å². The molecule has 17 heavy (non-hydrogen) atoms. The number of nitrogen functional groups attached to an aromatic ring is 1. The summed E-state index contributed by atoms with van der Waals surface area (Å²) in [6.07, 6.45) is 1.10. The number of aryl methyl sites for hydroxylation is 1. The number of rotatable bonds is 6. The lowest BCUT2D eigenvalue weighted by Crippen LogP contribution is -2.33. The van der Waals surface area contributed by atoms with Crippen molar-refractivity contribution < 1.29 is 0 Å². The third-order valence-electron chi connectivity index (χ3n) is 2.65. The Morgan fingerprint density at radius 3 is 2.47 bits per heavy atom. The molecule has 96 valence electrons. The van der Waals surface area contributed by atoms with Crippen molar-refractivity contribution in [3.05, 3.63) is 17.8 Å². The van der Waals surface area contributed by atoms with Crippen molar-refractivity contribution in [3.63, 3.8) is 0 Å². The summed E-state index contributed by atoms with van der Waals surface area (Å²) in [7, 11) is 4.16. The van der Waals surface area contributed by atoms with E-state index < -0.39 is 0 Å². The van der Waals surface area contributed by atoms with Crippen molar-refractivity contribution in [2.24, 2.45) is 0 Å². The first kappa shape index (κ1) is 13.8. The molecule has 4 nitrogen and oxygen atoms in total. The maximum Gasteiger partial charge on any atom is 0.152 e. The molecule has 4 heteroatoms. The summed E-state index contributed by atoms with van der Waals surface area (Å²) in [5, 5.41) is 0. The molecule has 1 aromatic heterocycles. The van der Waals surface area contributed by atoms with E-state index >= 15 is 0 Å². The lowest BCUT2D eigenvalue weighted by atomic mass is 10.3. The van der Waals surface area contributed by atoms with Gasteiger partial charge in [-0.3, -0.25) is 0 Å². The van der Waals surface area contributed by atoms with E-state index in [2.05, 4.69) is 35.8 Å². The van der Waals surface area contributed by atoms with Crippen LogP contribution >= 0.6 is 0 Å². The second kappa shape index (κ2) is 6.45. The normalized spacial score (nSPS) is 10.9. The van der Waals surface area contributed by atoms with Gasteiger partial charge in [-0.05, 0) is 39.6 Å². The van der Waals surface area contributed by atoms with E-state index in [0.717, 1.165) is 43.3 Å². The molecule has 1 aromatic rings. The highest BCUT2D eigenvalue weighted by molar-refractivity contribution is 5.62. The molecule has 1 heterocycles. The molecule has 0 amide bonds. The molecule has 0 atom stereocenters. The van der Waals surface area contributed by atoms with Gasteiger partial charge in [0.2, 0.25) is 0 Å². The topological polar surface area (TPSA) is 45.4 Å². The van der Waals surface area contributed by atoms with E-state index in [-0.39, 0.29) is 0 Å². The largest absolute Gasteiger partial charge is 0.396 e. The Bertz CT molecular complexity index is 349. The smallest absolute Gasteiger partial charge is 0.152 e. The fourth-order valence-corrected chi connectivity index (χ4v) is 1.72. The predicted octanol–water partition coefficient (Wildman–Crippen LogP) is 1.75. The highest BCUT2D eigenvalue weighted by atomic mass is 15.2. The Morgan fingerprint density at radius 1 is 1.18 bits per heavy atom. The number of pyridine rings is 1. The van der Waals surface area contributed by atoms with Gasteiger partial charge in [-0.1, -0.05) is 6.92 Å². The van der Waals surface area contributed by atoms with Gasteiger partial charge in [0.15, 0.2) is 5.82 Å². The average Bonchev–Trinajstić information content (AvgIpc) is 2.27. The van der Waals surface area contributed by atoms with Crippen molar-refractivity contribution >= 4 is 11.5 Å². The SMILES string of the molecule is CCCN(CCN(C)C)c1nc(C)ccc1N. The van der Waals surface area contributed by atoms with Crippen LogP contribution in [0.25, 0.3) is 0 Å². The lowest BCUT2D eigenvalue weighted by molar-refractivity contribution is 0.412. The molecule has 0 fully saturated rings. The Labute approximate surface area is 104 Å². The van der Waals surface area contributed by atoms with Crippen LogP contribution < -0.4 is 10.6 Å². The summed E-state index contributed by atoms with van der Waals surface area (Å²) in [4.78, 5) is 8.99. The van der Waals surface area contributed by atoms with Crippen molar-refractivity contribution in [1.82, 2.24) is 9.88 Å². The molecule has 0 radical (unpaired) electrons. The molecule has 0 saturated carbocycles. The Hall–Kier alpha value is -1.29. The van der Waals surface area contributed by atoms with Gasteiger partial charge in [0.25, 0.3) is 0 Å². The van der Waals surface area contributed by atoms with Crippen LogP contribution in [-0.2, 0) is 0 Å². The summed E-state index contributed by atoms with van der Waals surface area (Å²) in [6, 6.07) is 3.89. The fourth-order valence-electron chi connectivity index (χ4n) is 1.72. The summed E-state index contributed by atoms with van der Waals surface area (Å²) in [5.41, 5.74) is 7.79. The van der Waals surface area contributed by atoms with Gasteiger partial charge in [-0.2, -0.15) is 0 Å². The Morgan fingerprint density at radius 2 is 1.88 bits per heavy atom. The maximum atomic E-state index is 6.01. The molecule has 0 spiro atoms. The predicted molar refractivity (Wildman–Crippen MR) is 74.4 cm³/mol. The molecule has 2 N–H and O–H groups in total. The van der Waals surface area contributed by atoms with Gasteiger partial charge < -0.3 is 15.5 Å². The van der Waals surface area contributed by atoms with Crippen LogP contribution in [0, 0.1) is 6.92 Å². The summed E-state index contributed by atoms with van der Waals surface area (Å²) in [5.74, 6) is 0.925. The molecule has 0 aliphatic carbocycles. The van der Waals surface area contributed by atoms with Gasteiger partial charge in [0.1, 0.15) is 0 Å². The maximum absolute atomic E-state index is 6.01. The third kappa shape index (κ3) is 4.23. The molecule has 0 bridgehead atoms. The Balaban J connectivity index is 2.84. The van der Waals surface area contributed by atoms with Crippen LogP contribution in [0.3, 0.4) is 0 Å². The van der Waals surface area contributed by atoms with Crippen molar-refractivity contribution in [2.75, 3.05) is 44.4 Å². The molecule has 0 aliphatic heterocycles. The number of nitrogens with zero attached hydrogens (tertiary/aromatic N) is 3. The minimum absolute atomic E-state index is 0.766. The monoisotopic (exact) mass is 236 g/mol. The Kier molecular flexibility index (Phi) is 5.22. The molecule has 0 saturated heterocycles. The van der Waals surface area contributed by atoms with Gasteiger partial charge >= 0.3 is 0 Å². The van der Waals surface area contributed by atoms with Crippen LogP contribution in [0.1, 0.15) is 19.0 Å². The minimum atomic E-state index is 0.766. The number of hydrogen-bond acceptors (Lipinski definition) is 4. The minimum Gasteiger partial charge on any atom is -0.396 e. The summed E-state index contributed by atoms with van der Waals surface area (Å²) < 4.78 is 0. The highest BCUT2D eigenvalue weighted by Crippen LogP contribution is 2.20. The molecule has 0 unspecified atom stereocenters. The van der Waals surface area contributed by atoms with Gasteiger partial charge in [0.05, 0.1) is 5.69 Å². The number of hydrogen-bond donors (Lipinski definition) is 1. The van der Waals surface area contributed by atoms with Gasteiger partial charge in [-0.25, -0.2) is 4.98 Å². The van der Waals surface area contributed by atoms with E-state index in [9.17, 15) is 0 Å². The second-order valence-corrected chi connectivity index (χ2v) is 4.66. The zero-order valence-corrected chi connectivity index (χ0v) is 11.4. The van der Waals surface area contributed by atoms with Crippen LogP contribution in [-0.4, -0.2) is 43.6 Å². The first-order valence-corrected chi connectivity index (χ1v) is 6.17. The number of likely N-dealkylation sites (N-methyl/N-ethyl adjacent to an activating group) is 1. The molecular weight excluding hydrogens is 212 g/mol. The van der Waals surface area contributed by atoms with E-state index in [4.69, 9.17) is 5.73 Å². The second-order valence-electron chi connectivity index (χ2n) is 4.66. The van der Waals surface area contributed by atoms with E-state index in [1.54, 1.807) is 0 Å². The van der Waals surface area contributed by atoms with E-state index in [0.29, 0.717) is 0 Å².